The lowest BCUT2D eigenvalue weighted by atomic mass is 10.2. The molecule has 5 rings (SSSR count). The molecule has 1 saturated heterocycles. The average Bonchev–Trinajstić information content (AvgIpc) is 3.22. The topological polar surface area (TPSA) is 98.8 Å². The summed E-state index contributed by atoms with van der Waals surface area (Å²) in [6, 6.07) is 11.2. The zero-order valence-corrected chi connectivity index (χ0v) is 18.2. The SMILES string of the molecule is CN1CCN(c2cc(Nc3cc4c(cn3)cnn4-c3c(Cl)cccc3C#N)ncn2)CC1. The van der Waals surface area contributed by atoms with Gasteiger partial charge in [0.1, 0.15) is 35.5 Å². The van der Waals surface area contributed by atoms with E-state index >= 15 is 0 Å². The summed E-state index contributed by atoms with van der Waals surface area (Å²) >= 11 is 6.40. The number of pyridine rings is 1. The number of aromatic nitrogens is 5. The van der Waals surface area contributed by atoms with Gasteiger partial charge in [0.2, 0.25) is 0 Å². The van der Waals surface area contributed by atoms with Crippen LogP contribution < -0.4 is 10.2 Å². The Morgan fingerprint density at radius 1 is 1.03 bits per heavy atom. The fourth-order valence-corrected chi connectivity index (χ4v) is 4.00. The van der Waals surface area contributed by atoms with E-state index in [1.165, 1.54) is 0 Å². The van der Waals surface area contributed by atoms with Crippen molar-refractivity contribution < 1.29 is 0 Å². The molecule has 4 heterocycles. The minimum absolute atomic E-state index is 0.446. The van der Waals surface area contributed by atoms with Crippen LogP contribution in [0.5, 0.6) is 0 Å². The van der Waals surface area contributed by atoms with E-state index in [2.05, 4.69) is 48.3 Å². The largest absolute Gasteiger partial charge is 0.354 e. The Bertz CT molecular complexity index is 1320. The second-order valence-electron chi connectivity index (χ2n) is 7.61. The van der Waals surface area contributed by atoms with Crippen molar-refractivity contribution in [2.24, 2.45) is 0 Å². The molecule has 9 nitrogen and oxygen atoms in total. The molecule has 0 spiro atoms. The maximum atomic E-state index is 9.52. The van der Waals surface area contributed by atoms with E-state index in [9.17, 15) is 5.26 Å². The van der Waals surface area contributed by atoms with Gasteiger partial charge in [0.15, 0.2) is 0 Å². The Morgan fingerprint density at radius 3 is 2.66 bits per heavy atom. The number of hydrogen-bond acceptors (Lipinski definition) is 8. The van der Waals surface area contributed by atoms with Crippen molar-refractivity contribution >= 4 is 40.0 Å². The number of para-hydroxylation sites is 1. The highest BCUT2D eigenvalue weighted by Crippen LogP contribution is 2.28. The summed E-state index contributed by atoms with van der Waals surface area (Å²) < 4.78 is 1.67. The van der Waals surface area contributed by atoms with E-state index in [0.29, 0.717) is 27.9 Å². The molecule has 0 radical (unpaired) electrons. The summed E-state index contributed by atoms with van der Waals surface area (Å²) in [5, 5.41) is 18.5. The second kappa shape index (κ2) is 8.42. The van der Waals surface area contributed by atoms with E-state index in [0.717, 1.165) is 42.9 Å². The van der Waals surface area contributed by atoms with Crippen molar-refractivity contribution in [1.29, 1.82) is 5.26 Å². The Hall–Kier alpha value is -3.74. The van der Waals surface area contributed by atoms with E-state index in [-0.39, 0.29) is 0 Å². The van der Waals surface area contributed by atoms with Crippen molar-refractivity contribution in [3.63, 3.8) is 0 Å². The third kappa shape index (κ3) is 3.82. The minimum Gasteiger partial charge on any atom is -0.354 e. The smallest absolute Gasteiger partial charge is 0.137 e. The van der Waals surface area contributed by atoms with Crippen molar-refractivity contribution in [1.82, 2.24) is 29.6 Å². The van der Waals surface area contributed by atoms with E-state index in [1.807, 2.05) is 12.1 Å². The summed E-state index contributed by atoms with van der Waals surface area (Å²) in [4.78, 5) is 17.8. The lowest BCUT2D eigenvalue weighted by Crippen LogP contribution is -2.44. The van der Waals surface area contributed by atoms with Crippen LogP contribution in [-0.2, 0) is 0 Å². The van der Waals surface area contributed by atoms with Crippen LogP contribution in [0.3, 0.4) is 0 Å². The molecule has 0 amide bonds. The molecule has 0 atom stereocenters. The normalized spacial score (nSPS) is 14.5. The van der Waals surface area contributed by atoms with Crippen molar-refractivity contribution in [2.45, 2.75) is 0 Å². The van der Waals surface area contributed by atoms with Gasteiger partial charge in [-0.2, -0.15) is 10.4 Å². The van der Waals surface area contributed by atoms with Crippen molar-refractivity contribution in [2.75, 3.05) is 43.4 Å². The summed E-state index contributed by atoms with van der Waals surface area (Å²) in [6.07, 6.45) is 4.99. The standard InChI is InChI=1S/C22H20ClN9/c1-30-5-7-31(8-6-30)21-10-20(26-14-27-21)29-19-9-18-16(12-25-19)13-28-32(18)22-15(11-24)3-2-4-17(22)23/h2-4,9-10,12-14H,5-8H2,1H3,(H,25,26,27,29). The number of piperazine rings is 1. The molecule has 0 saturated carbocycles. The highest BCUT2D eigenvalue weighted by atomic mass is 35.5. The van der Waals surface area contributed by atoms with Crippen LogP contribution in [0.1, 0.15) is 5.56 Å². The quantitative estimate of drug-likeness (QED) is 0.511. The monoisotopic (exact) mass is 445 g/mol. The Balaban J connectivity index is 1.46. The summed E-state index contributed by atoms with van der Waals surface area (Å²) in [5.41, 5.74) is 1.77. The number of nitriles is 1. The molecule has 1 fully saturated rings. The molecule has 1 N–H and O–H groups in total. The molecular formula is C22H20ClN9. The Labute approximate surface area is 189 Å². The molecule has 4 aromatic rings. The van der Waals surface area contributed by atoms with E-state index in [4.69, 9.17) is 11.6 Å². The zero-order valence-electron chi connectivity index (χ0n) is 17.4. The van der Waals surface area contributed by atoms with Crippen molar-refractivity contribution in [3.05, 3.63) is 59.6 Å². The molecule has 160 valence electrons. The van der Waals surface area contributed by atoms with E-state index < -0.39 is 0 Å². The highest BCUT2D eigenvalue weighted by molar-refractivity contribution is 6.32. The van der Waals surface area contributed by atoms with Crippen LogP contribution in [0.2, 0.25) is 5.02 Å². The van der Waals surface area contributed by atoms with Crippen molar-refractivity contribution in [3.8, 4) is 11.8 Å². The molecule has 1 aliphatic heterocycles. The number of anilines is 3. The van der Waals surface area contributed by atoms with Gasteiger partial charge in [-0.1, -0.05) is 17.7 Å². The van der Waals surface area contributed by atoms with E-state index in [1.54, 1.807) is 41.6 Å². The summed E-state index contributed by atoms with van der Waals surface area (Å²) in [6.45, 7) is 3.86. The number of rotatable bonds is 4. The van der Waals surface area contributed by atoms with Gasteiger partial charge in [0, 0.05) is 49.9 Å². The van der Waals surface area contributed by atoms with Gasteiger partial charge in [-0.3, -0.25) is 0 Å². The molecule has 0 bridgehead atoms. The number of likely N-dealkylation sites (N-methyl/N-ethyl adjacent to an activating group) is 1. The zero-order chi connectivity index (χ0) is 22.1. The van der Waals surface area contributed by atoms with Gasteiger partial charge in [-0.25, -0.2) is 19.6 Å². The number of nitrogens with one attached hydrogen (secondary N) is 1. The molecule has 1 aromatic carbocycles. The lowest BCUT2D eigenvalue weighted by Gasteiger charge is -2.33. The molecule has 0 unspecified atom stereocenters. The molecule has 32 heavy (non-hydrogen) atoms. The first-order chi connectivity index (χ1) is 15.6. The average molecular weight is 446 g/mol. The minimum atomic E-state index is 0.446. The number of fused-ring (bicyclic) bond motifs is 1. The number of hydrogen-bond donors (Lipinski definition) is 1. The lowest BCUT2D eigenvalue weighted by molar-refractivity contribution is 0.312. The fourth-order valence-electron chi connectivity index (χ4n) is 3.74. The highest BCUT2D eigenvalue weighted by Gasteiger charge is 2.17. The summed E-state index contributed by atoms with van der Waals surface area (Å²) in [7, 11) is 2.12. The molecule has 3 aromatic heterocycles. The van der Waals surface area contributed by atoms with Gasteiger partial charge < -0.3 is 15.1 Å². The van der Waals surface area contributed by atoms with Gasteiger partial charge in [0.05, 0.1) is 22.3 Å². The van der Waals surface area contributed by atoms with Crippen LogP contribution >= 0.6 is 11.6 Å². The second-order valence-corrected chi connectivity index (χ2v) is 8.02. The van der Waals surface area contributed by atoms with Gasteiger partial charge >= 0.3 is 0 Å². The number of benzene rings is 1. The number of halogens is 1. The predicted molar refractivity (Wildman–Crippen MR) is 124 cm³/mol. The molecule has 1 aliphatic rings. The maximum Gasteiger partial charge on any atom is 0.137 e. The maximum absolute atomic E-state index is 9.52. The summed E-state index contributed by atoms with van der Waals surface area (Å²) in [5.74, 6) is 2.14. The first-order valence-corrected chi connectivity index (χ1v) is 10.6. The third-order valence-electron chi connectivity index (χ3n) is 5.51. The van der Waals surface area contributed by atoms with Crippen LogP contribution in [0, 0.1) is 11.3 Å². The van der Waals surface area contributed by atoms with Crippen LogP contribution in [0.4, 0.5) is 17.5 Å². The Kier molecular flexibility index (Phi) is 5.31. The third-order valence-corrected chi connectivity index (χ3v) is 5.81. The van der Waals surface area contributed by atoms with Crippen LogP contribution in [-0.4, -0.2) is 62.9 Å². The Morgan fingerprint density at radius 2 is 1.84 bits per heavy atom. The molecular weight excluding hydrogens is 426 g/mol. The first-order valence-electron chi connectivity index (χ1n) is 10.2. The first kappa shape index (κ1) is 20.2. The fraction of sp³-hybridized carbons (Fsp3) is 0.227. The van der Waals surface area contributed by atoms with Gasteiger partial charge in [-0.05, 0) is 19.2 Å². The van der Waals surface area contributed by atoms with Crippen LogP contribution in [0.15, 0.2) is 49.1 Å². The number of nitrogens with zero attached hydrogens (tertiary/aromatic N) is 8. The molecule has 10 heteroatoms. The molecule has 0 aliphatic carbocycles. The van der Waals surface area contributed by atoms with Crippen LogP contribution in [0.25, 0.3) is 16.6 Å². The van der Waals surface area contributed by atoms with Gasteiger partial charge in [0.25, 0.3) is 0 Å². The predicted octanol–water partition coefficient (Wildman–Crippen LogP) is 3.23. The van der Waals surface area contributed by atoms with Gasteiger partial charge in [-0.15, -0.1) is 0 Å².